The van der Waals surface area contributed by atoms with Crippen LogP contribution in [0.4, 0.5) is 0 Å². The summed E-state index contributed by atoms with van der Waals surface area (Å²) in [6.45, 7) is 4.69. The molecule has 29 heavy (non-hydrogen) atoms. The van der Waals surface area contributed by atoms with Crippen molar-refractivity contribution >= 4 is 0 Å². The molecule has 0 bridgehead atoms. The first kappa shape index (κ1) is 21.7. The normalized spacial score (nSPS) is 16.6. The van der Waals surface area contributed by atoms with Crippen molar-refractivity contribution < 1.29 is 19.0 Å². The zero-order chi connectivity index (χ0) is 20.5. The lowest BCUT2D eigenvalue weighted by atomic mass is 10.2. The van der Waals surface area contributed by atoms with E-state index in [-0.39, 0.29) is 6.61 Å². The molecule has 1 aromatic heterocycles. The Morgan fingerprint density at radius 1 is 1.07 bits per heavy atom. The molecule has 1 aromatic carbocycles. The average Bonchev–Trinajstić information content (AvgIpc) is 3.08. The maximum Gasteiger partial charge on any atom is 0.161 e. The van der Waals surface area contributed by atoms with E-state index in [0.29, 0.717) is 18.0 Å². The lowest BCUT2D eigenvalue weighted by Gasteiger charge is -2.23. The van der Waals surface area contributed by atoms with Gasteiger partial charge in [0.25, 0.3) is 0 Å². The van der Waals surface area contributed by atoms with E-state index in [1.807, 2.05) is 24.3 Å². The number of nitrogens with zero attached hydrogens (tertiary/aromatic N) is 2. The summed E-state index contributed by atoms with van der Waals surface area (Å²) < 4.78 is 16.5. The molecule has 6 heteroatoms. The summed E-state index contributed by atoms with van der Waals surface area (Å²) in [5.74, 6) is 1.37. The molecule has 0 aliphatic carbocycles. The molecule has 2 aromatic rings. The fraction of sp³-hybridized carbons (Fsp3) is 0.565. The van der Waals surface area contributed by atoms with Crippen LogP contribution < -0.4 is 9.47 Å². The van der Waals surface area contributed by atoms with E-state index >= 15 is 0 Å². The minimum atomic E-state index is -0.501. The second kappa shape index (κ2) is 11.2. The van der Waals surface area contributed by atoms with Gasteiger partial charge in [0, 0.05) is 25.2 Å². The molecule has 0 amide bonds. The van der Waals surface area contributed by atoms with E-state index in [4.69, 9.17) is 13.9 Å². The largest absolute Gasteiger partial charge is 0.493 e. The summed E-state index contributed by atoms with van der Waals surface area (Å²) in [5, 5.41) is 10.4. The number of methoxy groups -OCH3 is 1. The van der Waals surface area contributed by atoms with Gasteiger partial charge in [0.2, 0.25) is 0 Å². The molecule has 1 atom stereocenters. The van der Waals surface area contributed by atoms with Crippen molar-refractivity contribution in [1.29, 1.82) is 0 Å². The van der Waals surface area contributed by atoms with E-state index in [0.717, 1.165) is 37.3 Å². The van der Waals surface area contributed by atoms with Crippen molar-refractivity contribution in [2.45, 2.75) is 44.9 Å². The Labute approximate surface area is 174 Å². The Morgan fingerprint density at radius 3 is 2.52 bits per heavy atom. The van der Waals surface area contributed by atoms with Gasteiger partial charge in [-0.3, -0.25) is 4.90 Å². The molecule has 0 spiro atoms. The van der Waals surface area contributed by atoms with Gasteiger partial charge in [-0.2, -0.15) is 0 Å². The molecule has 6 nitrogen and oxygen atoms in total. The van der Waals surface area contributed by atoms with Gasteiger partial charge >= 0.3 is 0 Å². The molecule has 3 rings (SSSR count). The SMILES string of the molecule is COc1cc(CN(C)Cc2ccoc2)ccc1OCC(O)CN1CCCCCC1. The molecule has 160 valence electrons. The molecule has 1 fully saturated rings. The molecule has 0 radical (unpaired) electrons. The maximum atomic E-state index is 10.4. The van der Waals surface area contributed by atoms with Gasteiger partial charge in [-0.25, -0.2) is 0 Å². The van der Waals surface area contributed by atoms with Gasteiger partial charge in [-0.05, 0) is 56.7 Å². The fourth-order valence-electron chi connectivity index (χ4n) is 3.85. The van der Waals surface area contributed by atoms with Crippen molar-refractivity contribution in [1.82, 2.24) is 9.80 Å². The number of rotatable bonds is 10. The molecule has 1 saturated heterocycles. The number of hydrogen-bond donors (Lipinski definition) is 1. The van der Waals surface area contributed by atoms with E-state index in [1.165, 1.54) is 25.7 Å². The van der Waals surface area contributed by atoms with E-state index in [1.54, 1.807) is 19.6 Å². The highest BCUT2D eigenvalue weighted by atomic mass is 16.5. The van der Waals surface area contributed by atoms with Gasteiger partial charge in [-0.15, -0.1) is 0 Å². The summed E-state index contributed by atoms with van der Waals surface area (Å²) in [5.41, 5.74) is 2.29. The van der Waals surface area contributed by atoms with Crippen molar-refractivity contribution in [2.24, 2.45) is 0 Å². The zero-order valence-corrected chi connectivity index (χ0v) is 17.7. The Balaban J connectivity index is 1.50. The molecule has 1 N–H and O–H groups in total. The Kier molecular flexibility index (Phi) is 8.40. The first-order chi connectivity index (χ1) is 14.1. The first-order valence-corrected chi connectivity index (χ1v) is 10.5. The van der Waals surface area contributed by atoms with Gasteiger partial charge in [0.05, 0.1) is 19.6 Å². The first-order valence-electron chi connectivity index (χ1n) is 10.5. The number of β-amino-alcohol motifs (C(OH)–C–C–N with tert-alkyl or cyclic N) is 1. The van der Waals surface area contributed by atoms with Crippen LogP contribution in [-0.4, -0.2) is 61.4 Å². The van der Waals surface area contributed by atoms with E-state index in [9.17, 15) is 5.11 Å². The summed E-state index contributed by atoms with van der Waals surface area (Å²) in [7, 11) is 3.72. The highest BCUT2D eigenvalue weighted by molar-refractivity contribution is 5.43. The van der Waals surface area contributed by atoms with Crippen molar-refractivity contribution in [3.63, 3.8) is 0 Å². The predicted molar refractivity (Wildman–Crippen MR) is 113 cm³/mol. The van der Waals surface area contributed by atoms with Gasteiger partial charge in [0.15, 0.2) is 11.5 Å². The summed E-state index contributed by atoms with van der Waals surface area (Å²) >= 11 is 0. The molecule has 1 aliphatic rings. The minimum Gasteiger partial charge on any atom is -0.493 e. The summed E-state index contributed by atoms with van der Waals surface area (Å²) in [4.78, 5) is 4.56. The van der Waals surface area contributed by atoms with Gasteiger partial charge in [-0.1, -0.05) is 18.9 Å². The smallest absolute Gasteiger partial charge is 0.161 e. The second-order valence-corrected chi connectivity index (χ2v) is 7.97. The topological polar surface area (TPSA) is 58.3 Å². The van der Waals surface area contributed by atoms with Gasteiger partial charge in [0.1, 0.15) is 12.7 Å². The zero-order valence-electron chi connectivity index (χ0n) is 17.7. The predicted octanol–water partition coefficient (Wildman–Crippen LogP) is 3.54. The fourth-order valence-corrected chi connectivity index (χ4v) is 3.85. The molecule has 1 aliphatic heterocycles. The second-order valence-electron chi connectivity index (χ2n) is 7.97. The van der Waals surface area contributed by atoms with Crippen LogP contribution >= 0.6 is 0 Å². The highest BCUT2D eigenvalue weighted by Gasteiger charge is 2.15. The maximum absolute atomic E-state index is 10.4. The number of aliphatic hydroxyl groups excluding tert-OH is 1. The van der Waals surface area contributed by atoms with Crippen molar-refractivity contribution in [3.8, 4) is 11.5 Å². The van der Waals surface area contributed by atoms with E-state index in [2.05, 4.69) is 16.8 Å². The monoisotopic (exact) mass is 402 g/mol. The number of hydrogen-bond acceptors (Lipinski definition) is 6. The van der Waals surface area contributed by atoms with E-state index < -0.39 is 6.10 Å². The third-order valence-corrected chi connectivity index (χ3v) is 5.31. The Bertz CT molecular complexity index is 712. The summed E-state index contributed by atoms with van der Waals surface area (Å²) in [6.07, 6.45) is 7.99. The van der Waals surface area contributed by atoms with Crippen LogP contribution in [-0.2, 0) is 13.1 Å². The van der Waals surface area contributed by atoms with Crippen LogP contribution in [0.1, 0.15) is 36.8 Å². The Morgan fingerprint density at radius 2 is 1.83 bits per heavy atom. The van der Waals surface area contributed by atoms with Crippen LogP contribution in [0.15, 0.2) is 41.2 Å². The molecule has 0 saturated carbocycles. The third-order valence-electron chi connectivity index (χ3n) is 5.31. The number of furan rings is 1. The summed E-state index contributed by atoms with van der Waals surface area (Å²) in [6, 6.07) is 7.96. The highest BCUT2D eigenvalue weighted by Crippen LogP contribution is 2.29. The number of ether oxygens (including phenoxy) is 2. The van der Waals surface area contributed by atoms with Crippen LogP contribution in [0.2, 0.25) is 0 Å². The van der Waals surface area contributed by atoms with Crippen LogP contribution in [0, 0.1) is 0 Å². The van der Waals surface area contributed by atoms with Crippen molar-refractivity contribution in [3.05, 3.63) is 47.9 Å². The van der Waals surface area contributed by atoms with Crippen molar-refractivity contribution in [2.75, 3.05) is 40.4 Å². The molecule has 2 heterocycles. The number of benzene rings is 1. The lowest BCUT2D eigenvalue weighted by Crippen LogP contribution is -2.36. The van der Waals surface area contributed by atoms with Crippen LogP contribution in [0.5, 0.6) is 11.5 Å². The quantitative estimate of drug-likeness (QED) is 0.656. The molecular weight excluding hydrogens is 368 g/mol. The molecule has 1 unspecified atom stereocenters. The number of aliphatic hydroxyl groups is 1. The lowest BCUT2D eigenvalue weighted by molar-refractivity contribution is 0.0683. The third kappa shape index (κ3) is 7.07. The standard InChI is InChI=1S/C23H34N2O4/c1-24(15-20-9-12-28-17-20)14-19-7-8-22(23(13-19)27-2)29-18-21(26)16-25-10-5-3-4-6-11-25/h7-9,12-13,17,21,26H,3-6,10-11,14-16,18H2,1-2H3. The minimum absolute atomic E-state index is 0.270. The Hall–Kier alpha value is -2.02. The average molecular weight is 403 g/mol. The molecular formula is C23H34N2O4. The van der Waals surface area contributed by atoms with Crippen LogP contribution in [0.25, 0.3) is 0 Å². The van der Waals surface area contributed by atoms with Gasteiger partial charge < -0.3 is 23.9 Å². The number of likely N-dealkylation sites (tertiary alicyclic amines) is 1. The van der Waals surface area contributed by atoms with Crippen LogP contribution in [0.3, 0.4) is 0 Å².